The summed E-state index contributed by atoms with van der Waals surface area (Å²) in [6.45, 7) is 10.1. The predicted molar refractivity (Wildman–Crippen MR) is 81.0 cm³/mol. The van der Waals surface area contributed by atoms with Gasteiger partial charge in [-0.3, -0.25) is 0 Å². The van der Waals surface area contributed by atoms with Crippen molar-refractivity contribution < 1.29 is 4.74 Å². The lowest BCUT2D eigenvalue weighted by Crippen LogP contribution is -2.27. The van der Waals surface area contributed by atoms with Crippen molar-refractivity contribution in [2.45, 2.75) is 58.4 Å². The molecule has 1 fully saturated rings. The molecule has 0 spiro atoms. The Bertz CT molecular complexity index is 439. The molecule has 1 aromatic carbocycles. The summed E-state index contributed by atoms with van der Waals surface area (Å²) in [5.74, 6) is 1.03. The molecule has 0 amide bonds. The van der Waals surface area contributed by atoms with Crippen LogP contribution in [0, 0.1) is 6.92 Å². The maximum atomic E-state index is 5.63. The van der Waals surface area contributed by atoms with E-state index in [1.165, 1.54) is 36.0 Å². The van der Waals surface area contributed by atoms with E-state index >= 15 is 0 Å². The van der Waals surface area contributed by atoms with E-state index in [-0.39, 0.29) is 5.41 Å². The average Bonchev–Trinajstić information content (AvgIpc) is 2.38. The normalized spacial score (nSPS) is 20.4. The van der Waals surface area contributed by atoms with Crippen LogP contribution in [0.25, 0.3) is 0 Å². The van der Waals surface area contributed by atoms with E-state index in [1.54, 1.807) is 7.11 Å². The van der Waals surface area contributed by atoms with Crippen molar-refractivity contribution in [3.8, 4) is 5.75 Å². The highest BCUT2D eigenvalue weighted by atomic mass is 16.5. The third kappa shape index (κ3) is 3.11. The van der Waals surface area contributed by atoms with Crippen LogP contribution < -0.4 is 10.1 Å². The summed E-state index contributed by atoms with van der Waals surface area (Å²) in [5.41, 5.74) is 4.20. The summed E-state index contributed by atoms with van der Waals surface area (Å²) in [6, 6.07) is 5.06. The van der Waals surface area contributed by atoms with Crippen LogP contribution in [0.5, 0.6) is 5.75 Å². The van der Waals surface area contributed by atoms with Crippen molar-refractivity contribution in [2.75, 3.05) is 13.7 Å². The molecule has 0 bridgehead atoms. The van der Waals surface area contributed by atoms with Crippen LogP contribution in [-0.2, 0) is 5.41 Å². The van der Waals surface area contributed by atoms with Crippen LogP contribution in [-0.4, -0.2) is 13.7 Å². The summed E-state index contributed by atoms with van der Waals surface area (Å²) < 4.78 is 5.63. The zero-order valence-corrected chi connectivity index (χ0v) is 13.0. The molecule has 1 unspecified atom stereocenters. The largest absolute Gasteiger partial charge is 0.496 e. The second kappa shape index (κ2) is 5.54. The molecule has 1 aliphatic rings. The molecule has 1 aliphatic heterocycles. The van der Waals surface area contributed by atoms with Crippen LogP contribution in [0.1, 0.15) is 62.8 Å². The summed E-state index contributed by atoms with van der Waals surface area (Å²) in [7, 11) is 1.78. The Morgan fingerprint density at radius 2 is 1.95 bits per heavy atom. The fourth-order valence-corrected chi connectivity index (χ4v) is 2.95. The minimum absolute atomic E-state index is 0.120. The molecule has 1 atom stereocenters. The van der Waals surface area contributed by atoms with E-state index in [0.717, 1.165) is 12.3 Å². The highest BCUT2D eigenvalue weighted by Crippen LogP contribution is 2.36. The smallest absolute Gasteiger partial charge is 0.122 e. The first-order valence-corrected chi connectivity index (χ1v) is 7.36. The summed E-state index contributed by atoms with van der Waals surface area (Å²) in [5, 5.41) is 3.63. The molecule has 0 saturated carbocycles. The van der Waals surface area contributed by atoms with Gasteiger partial charge < -0.3 is 10.1 Å². The van der Waals surface area contributed by atoms with Gasteiger partial charge in [-0.2, -0.15) is 0 Å². The molecule has 0 aromatic heterocycles. The second-order valence-corrected chi connectivity index (χ2v) is 6.66. The van der Waals surface area contributed by atoms with Crippen molar-refractivity contribution in [2.24, 2.45) is 0 Å². The number of hydrogen-bond acceptors (Lipinski definition) is 2. The Labute approximate surface area is 117 Å². The van der Waals surface area contributed by atoms with Gasteiger partial charge in [0.25, 0.3) is 0 Å². The summed E-state index contributed by atoms with van der Waals surface area (Å²) >= 11 is 0. The minimum Gasteiger partial charge on any atom is -0.496 e. The second-order valence-electron chi connectivity index (χ2n) is 6.66. The van der Waals surface area contributed by atoms with E-state index in [9.17, 15) is 0 Å². The molecule has 106 valence electrons. The molecule has 2 rings (SSSR count). The van der Waals surface area contributed by atoms with E-state index in [2.05, 4.69) is 45.1 Å². The Kier molecular flexibility index (Phi) is 4.19. The summed E-state index contributed by atoms with van der Waals surface area (Å²) in [4.78, 5) is 0. The molecule has 1 N–H and O–H groups in total. The Balaban J connectivity index is 2.41. The first kappa shape index (κ1) is 14.4. The van der Waals surface area contributed by atoms with E-state index in [0.29, 0.717) is 6.04 Å². The monoisotopic (exact) mass is 261 g/mol. The third-order valence-corrected chi connectivity index (χ3v) is 4.08. The standard InChI is InChI=1S/C17H27NO/c1-12-10-14(17(2,3)4)16(19-5)11-13(12)15-8-6-7-9-18-15/h10-11,15,18H,6-9H2,1-5H3. The number of rotatable bonds is 2. The first-order chi connectivity index (χ1) is 8.93. The van der Waals surface area contributed by atoms with Gasteiger partial charge in [0.05, 0.1) is 7.11 Å². The van der Waals surface area contributed by atoms with Gasteiger partial charge >= 0.3 is 0 Å². The van der Waals surface area contributed by atoms with Gasteiger partial charge in [-0.25, -0.2) is 0 Å². The van der Waals surface area contributed by atoms with Gasteiger partial charge in [0, 0.05) is 6.04 Å². The Morgan fingerprint density at radius 1 is 1.21 bits per heavy atom. The quantitative estimate of drug-likeness (QED) is 0.865. The number of piperidine rings is 1. The molecule has 19 heavy (non-hydrogen) atoms. The molecular formula is C17H27NO. The van der Waals surface area contributed by atoms with E-state index in [4.69, 9.17) is 4.74 Å². The third-order valence-electron chi connectivity index (χ3n) is 4.08. The molecular weight excluding hydrogens is 234 g/mol. The lowest BCUT2D eigenvalue weighted by atomic mass is 9.83. The molecule has 2 nitrogen and oxygen atoms in total. The maximum absolute atomic E-state index is 5.63. The zero-order valence-electron chi connectivity index (χ0n) is 13.0. The number of ether oxygens (including phenoxy) is 1. The van der Waals surface area contributed by atoms with Gasteiger partial charge in [0.2, 0.25) is 0 Å². The van der Waals surface area contributed by atoms with Gasteiger partial charge in [0.1, 0.15) is 5.75 Å². The van der Waals surface area contributed by atoms with Gasteiger partial charge in [-0.1, -0.05) is 33.3 Å². The lowest BCUT2D eigenvalue weighted by Gasteiger charge is -2.29. The molecule has 1 heterocycles. The molecule has 1 aromatic rings. The number of nitrogens with one attached hydrogen (secondary N) is 1. The van der Waals surface area contributed by atoms with Crippen molar-refractivity contribution in [1.29, 1.82) is 0 Å². The molecule has 0 radical (unpaired) electrons. The molecule has 2 heteroatoms. The topological polar surface area (TPSA) is 21.3 Å². The molecule has 1 saturated heterocycles. The van der Waals surface area contributed by atoms with Gasteiger partial charge in [0.15, 0.2) is 0 Å². The first-order valence-electron chi connectivity index (χ1n) is 7.36. The van der Waals surface area contributed by atoms with Crippen LogP contribution in [0.2, 0.25) is 0 Å². The van der Waals surface area contributed by atoms with E-state index < -0.39 is 0 Å². The highest BCUT2D eigenvalue weighted by Gasteiger charge is 2.23. The van der Waals surface area contributed by atoms with Crippen molar-refractivity contribution >= 4 is 0 Å². The van der Waals surface area contributed by atoms with Crippen LogP contribution in [0.4, 0.5) is 0 Å². The van der Waals surface area contributed by atoms with Gasteiger partial charge in [-0.05, 0) is 54.5 Å². The van der Waals surface area contributed by atoms with Gasteiger partial charge in [-0.15, -0.1) is 0 Å². The van der Waals surface area contributed by atoms with Crippen molar-refractivity contribution in [1.82, 2.24) is 5.32 Å². The number of aryl methyl sites for hydroxylation is 1. The number of benzene rings is 1. The fourth-order valence-electron chi connectivity index (χ4n) is 2.95. The number of hydrogen-bond donors (Lipinski definition) is 1. The average molecular weight is 261 g/mol. The Morgan fingerprint density at radius 3 is 2.47 bits per heavy atom. The van der Waals surface area contributed by atoms with Crippen LogP contribution in [0.15, 0.2) is 12.1 Å². The maximum Gasteiger partial charge on any atom is 0.122 e. The number of methoxy groups -OCH3 is 1. The predicted octanol–water partition coefficient (Wildman–Crippen LogP) is 4.12. The van der Waals surface area contributed by atoms with Crippen LogP contribution in [0.3, 0.4) is 0 Å². The summed E-state index contributed by atoms with van der Waals surface area (Å²) in [6.07, 6.45) is 3.85. The van der Waals surface area contributed by atoms with Crippen molar-refractivity contribution in [3.05, 3.63) is 28.8 Å². The SMILES string of the molecule is COc1cc(C2CCCCN2)c(C)cc1C(C)(C)C. The highest BCUT2D eigenvalue weighted by molar-refractivity contribution is 5.46. The minimum atomic E-state index is 0.120. The zero-order chi connectivity index (χ0) is 14.0. The fraction of sp³-hybridized carbons (Fsp3) is 0.647. The Hall–Kier alpha value is -1.02. The van der Waals surface area contributed by atoms with Crippen molar-refractivity contribution in [3.63, 3.8) is 0 Å². The lowest BCUT2D eigenvalue weighted by molar-refractivity contribution is 0.388. The molecule has 0 aliphatic carbocycles. The van der Waals surface area contributed by atoms with E-state index in [1.807, 2.05) is 0 Å². The van der Waals surface area contributed by atoms with Crippen LogP contribution >= 0.6 is 0 Å².